The number of nitrogens with two attached hydrogens (primary N) is 1. The Bertz CT molecular complexity index is 1020. The second-order valence-corrected chi connectivity index (χ2v) is 9.08. The molecule has 1 saturated heterocycles. The highest BCUT2D eigenvalue weighted by molar-refractivity contribution is 7.99. The summed E-state index contributed by atoms with van der Waals surface area (Å²) >= 11 is 2.96. The van der Waals surface area contributed by atoms with Crippen LogP contribution in [0.1, 0.15) is 4.88 Å². The van der Waals surface area contributed by atoms with E-state index in [2.05, 4.69) is 37.3 Å². The predicted octanol–water partition coefficient (Wildman–Crippen LogP) is 2.76. The predicted molar refractivity (Wildman–Crippen MR) is 119 cm³/mol. The summed E-state index contributed by atoms with van der Waals surface area (Å²) in [5, 5.41) is 10.6. The number of alkyl halides is 2. The van der Waals surface area contributed by atoms with E-state index in [0.717, 1.165) is 19.6 Å². The van der Waals surface area contributed by atoms with Crippen LogP contribution in [0.5, 0.6) is 5.75 Å². The van der Waals surface area contributed by atoms with Crippen molar-refractivity contribution in [2.75, 3.05) is 37.8 Å². The molecule has 0 atom stereocenters. The molecule has 0 saturated carbocycles. The van der Waals surface area contributed by atoms with Crippen LogP contribution in [0.25, 0.3) is 11.4 Å². The molecular formula is C20H22F2N6O2S2. The number of carbonyl (C=O) groups excluding carboxylic acids is 1. The summed E-state index contributed by atoms with van der Waals surface area (Å²) in [4.78, 5) is 18.2. The van der Waals surface area contributed by atoms with Gasteiger partial charge in [0.2, 0.25) is 11.1 Å². The molecule has 0 bridgehead atoms. The van der Waals surface area contributed by atoms with Gasteiger partial charge in [-0.05, 0) is 35.7 Å². The highest BCUT2D eigenvalue weighted by Gasteiger charge is 2.22. The number of halogens is 2. The Hall–Kier alpha value is -2.70. The average molecular weight is 481 g/mol. The van der Waals surface area contributed by atoms with E-state index in [0.29, 0.717) is 29.6 Å². The lowest BCUT2D eigenvalue weighted by atomic mass is 10.2. The number of amides is 1. The van der Waals surface area contributed by atoms with Gasteiger partial charge in [-0.25, -0.2) is 4.68 Å². The van der Waals surface area contributed by atoms with Crippen LogP contribution < -0.4 is 10.6 Å². The molecule has 8 nitrogen and oxygen atoms in total. The van der Waals surface area contributed by atoms with Gasteiger partial charge in [0.15, 0.2) is 5.82 Å². The molecule has 0 aliphatic carbocycles. The molecule has 0 radical (unpaired) electrons. The fourth-order valence-corrected chi connectivity index (χ4v) is 4.86. The maximum atomic E-state index is 12.6. The molecule has 1 aliphatic rings. The van der Waals surface area contributed by atoms with Crippen molar-refractivity contribution in [1.29, 1.82) is 0 Å². The first-order chi connectivity index (χ1) is 15.5. The van der Waals surface area contributed by atoms with Crippen LogP contribution in [-0.4, -0.2) is 69.1 Å². The van der Waals surface area contributed by atoms with Crippen LogP contribution in [0.4, 0.5) is 8.78 Å². The second-order valence-electron chi connectivity index (χ2n) is 7.10. The van der Waals surface area contributed by atoms with Gasteiger partial charge in [0, 0.05) is 43.2 Å². The van der Waals surface area contributed by atoms with E-state index < -0.39 is 6.61 Å². The van der Waals surface area contributed by atoms with Crippen molar-refractivity contribution in [3.8, 4) is 17.1 Å². The normalized spacial score (nSPS) is 14.8. The van der Waals surface area contributed by atoms with Crippen molar-refractivity contribution in [2.24, 2.45) is 0 Å². The van der Waals surface area contributed by atoms with Crippen LogP contribution in [0.2, 0.25) is 0 Å². The lowest BCUT2D eigenvalue weighted by Gasteiger charge is -2.34. The van der Waals surface area contributed by atoms with Crippen LogP contribution in [0.3, 0.4) is 0 Å². The summed E-state index contributed by atoms with van der Waals surface area (Å²) < 4.78 is 30.2. The number of ether oxygens (including phenoxy) is 1. The van der Waals surface area contributed by atoms with Gasteiger partial charge in [0.1, 0.15) is 5.75 Å². The zero-order valence-corrected chi connectivity index (χ0v) is 18.7. The molecule has 32 heavy (non-hydrogen) atoms. The quantitative estimate of drug-likeness (QED) is 0.392. The first-order valence-electron chi connectivity index (χ1n) is 9.90. The van der Waals surface area contributed by atoms with Crippen molar-refractivity contribution in [3.63, 3.8) is 0 Å². The molecule has 4 rings (SSSR count). The van der Waals surface area contributed by atoms with Crippen LogP contribution in [0.15, 0.2) is 46.9 Å². The van der Waals surface area contributed by atoms with Crippen LogP contribution in [-0.2, 0) is 11.3 Å². The minimum atomic E-state index is -2.89. The van der Waals surface area contributed by atoms with Gasteiger partial charge in [0.05, 0.1) is 5.75 Å². The number of nitrogen functional groups attached to an aromatic ring is 1. The van der Waals surface area contributed by atoms with E-state index in [1.54, 1.807) is 23.5 Å². The number of benzene rings is 1. The SMILES string of the molecule is Nn1c(SCC(=O)N2CCN(Cc3cccs3)CC2)nnc1-c1ccc(OC(F)F)cc1. The third kappa shape index (κ3) is 5.56. The second kappa shape index (κ2) is 10.3. The van der Waals surface area contributed by atoms with Crippen LogP contribution >= 0.6 is 23.1 Å². The smallest absolute Gasteiger partial charge is 0.387 e. The minimum absolute atomic E-state index is 0.0313. The Balaban J connectivity index is 1.28. The van der Waals surface area contributed by atoms with Gasteiger partial charge in [-0.1, -0.05) is 17.8 Å². The zero-order chi connectivity index (χ0) is 22.5. The van der Waals surface area contributed by atoms with E-state index in [1.807, 2.05) is 4.90 Å². The van der Waals surface area contributed by atoms with Gasteiger partial charge in [-0.15, -0.1) is 21.5 Å². The van der Waals surface area contributed by atoms with Gasteiger partial charge < -0.3 is 15.5 Å². The van der Waals surface area contributed by atoms with Gasteiger partial charge in [-0.2, -0.15) is 8.78 Å². The lowest BCUT2D eigenvalue weighted by molar-refractivity contribution is -0.130. The molecule has 3 aromatic rings. The van der Waals surface area contributed by atoms with E-state index in [4.69, 9.17) is 5.84 Å². The molecule has 0 spiro atoms. The van der Waals surface area contributed by atoms with Gasteiger partial charge in [-0.3, -0.25) is 9.69 Å². The number of thiophene rings is 1. The van der Waals surface area contributed by atoms with E-state index in [1.165, 1.54) is 33.4 Å². The van der Waals surface area contributed by atoms with Crippen molar-refractivity contribution in [1.82, 2.24) is 24.7 Å². The van der Waals surface area contributed by atoms with Crippen molar-refractivity contribution in [3.05, 3.63) is 46.7 Å². The molecule has 2 aromatic heterocycles. The Morgan fingerprint density at radius 3 is 2.56 bits per heavy atom. The highest BCUT2D eigenvalue weighted by Crippen LogP contribution is 2.24. The van der Waals surface area contributed by atoms with E-state index >= 15 is 0 Å². The molecule has 1 aromatic carbocycles. The molecule has 3 heterocycles. The van der Waals surface area contributed by atoms with Crippen molar-refractivity contribution in [2.45, 2.75) is 18.3 Å². The third-order valence-corrected chi connectivity index (χ3v) is 6.80. The van der Waals surface area contributed by atoms with Crippen LogP contribution in [0, 0.1) is 0 Å². The largest absolute Gasteiger partial charge is 0.435 e. The summed E-state index contributed by atoms with van der Waals surface area (Å²) in [6.07, 6.45) is 0. The molecule has 1 aliphatic heterocycles. The maximum Gasteiger partial charge on any atom is 0.387 e. The molecule has 170 valence electrons. The standard InChI is InChI=1S/C20H22F2N6O2S2/c21-19(22)30-15-5-3-14(4-6-15)18-24-25-20(28(18)23)32-13-17(29)27-9-7-26(8-10-27)12-16-2-1-11-31-16/h1-6,11,19H,7-10,12-13,23H2. The molecule has 12 heteroatoms. The number of thioether (sulfide) groups is 1. The number of rotatable bonds is 8. The number of carbonyl (C=O) groups is 1. The fraction of sp³-hybridized carbons (Fsp3) is 0.350. The third-order valence-electron chi connectivity index (χ3n) is 5.01. The number of hydrogen-bond acceptors (Lipinski definition) is 8. The Morgan fingerprint density at radius 1 is 1.16 bits per heavy atom. The monoisotopic (exact) mass is 480 g/mol. The molecule has 0 unspecified atom stereocenters. The maximum absolute atomic E-state index is 12.6. The molecule has 1 fully saturated rings. The van der Waals surface area contributed by atoms with Crippen molar-refractivity contribution < 1.29 is 18.3 Å². The zero-order valence-electron chi connectivity index (χ0n) is 17.1. The highest BCUT2D eigenvalue weighted by atomic mass is 32.2. The first-order valence-corrected chi connectivity index (χ1v) is 11.8. The summed E-state index contributed by atoms with van der Waals surface area (Å²) in [5.41, 5.74) is 0.599. The number of piperazine rings is 1. The van der Waals surface area contributed by atoms with E-state index in [-0.39, 0.29) is 17.4 Å². The minimum Gasteiger partial charge on any atom is -0.435 e. The summed E-state index contributed by atoms with van der Waals surface area (Å²) in [6, 6.07) is 10.1. The van der Waals surface area contributed by atoms with E-state index in [9.17, 15) is 13.6 Å². The lowest BCUT2D eigenvalue weighted by Crippen LogP contribution is -2.48. The molecule has 1 amide bonds. The topological polar surface area (TPSA) is 89.5 Å². The molecular weight excluding hydrogens is 458 g/mol. The van der Waals surface area contributed by atoms with Gasteiger partial charge >= 0.3 is 6.61 Å². The Morgan fingerprint density at radius 2 is 1.91 bits per heavy atom. The number of aromatic nitrogens is 3. The Labute approximate surface area is 191 Å². The number of hydrogen-bond donors (Lipinski definition) is 1. The van der Waals surface area contributed by atoms with Crippen molar-refractivity contribution >= 4 is 29.0 Å². The summed E-state index contributed by atoms with van der Waals surface area (Å²) in [6.45, 7) is 1.11. The number of nitrogens with zero attached hydrogens (tertiary/aromatic N) is 5. The molecule has 2 N–H and O–H groups in total. The Kier molecular flexibility index (Phi) is 7.22. The summed E-state index contributed by atoms with van der Waals surface area (Å²) in [7, 11) is 0. The fourth-order valence-electron chi connectivity index (χ4n) is 3.35. The summed E-state index contributed by atoms with van der Waals surface area (Å²) in [5.74, 6) is 6.74. The van der Waals surface area contributed by atoms with Gasteiger partial charge in [0.25, 0.3) is 0 Å². The first kappa shape index (κ1) is 22.5. The average Bonchev–Trinajstić information content (AvgIpc) is 3.42.